The first-order valence-electron chi connectivity index (χ1n) is 8.14. The van der Waals surface area contributed by atoms with Gasteiger partial charge in [0.05, 0.1) is 6.54 Å². The molecule has 2 fully saturated rings. The van der Waals surface area contributed by atoms with Gasteiger partial charge in [0.2, 0.25) is 5.91 Å². The van der Waals surface area contributed by atoms with Gasteiger partial charge in [-0.1, -0.05) is 19.8 Å². The Kier molecular flexibility index (Phi) is 5.99. The van der Waals surface area contributed by atoms with Gasteiger partial charge in [-0.25, -0.2) is 4.79 Å². The highest BCUT2D eigenvalue weighted by Gasteiger charge is 2.29. The van der Waals surface area contributed by atoms with Crippen molar-refractivity contribution in [3.63, 3.8) is 0 Å². The van der Waals surface area contributed by atoms with Gasteiger partial charge < -0.3 is 11.1 Å². The Morgan fingerprint density at radius 3 is 2.57 bits per heavy atom. The molecule has 6 nitrogen and oxygen atoms in total. The van der Waals surface area contributed by atoms with E-state index in [1.807, 2.05) is 0 Å². The van der Waals surface area contributed by atoms with Crippen LogP contribution < -0.4 is 16.4 Å². The fourth-order valence-electron chi connectivity index (χ4n) is 3.55. The summed E-state index contributed by atoms with van der Waals surface area (Å²) in [5.74, 6) is 0.266. The molecule has 1 aliphatic carbocycles. The Morgan fingerprint density at radius 2 is 1.90 bits per heavy atom. The molecule has 2 unspecified atom stereocenters. The zero-order valence-corrected chi connectivity index (χ0v) is 12.9. The molecule has 0 radical (unpaired) electrons. The number of rotatable bonds is 4. The van der Waals surface area contributed by atoms with Crippen molar-refractivity contribution in [2.24, 2.45) is 11.7 Å². The molecule has 0 spiro atoms. The first-order chi connectivity index (χ1) is 10.1. The number of piperidine rings is 1. The number of likely N-dealkylation sites (tertiary alicyclic amines) is 1. The molecule has 4 N–H and O–H groups in total. The third-order valence-corrected chi connectivity index (χ3v) is 4.76. The van der Waals surface area contributed by atoms with Gasteiger partial charge in [-0.3, -0.25) is 15.0 Å². The van der Waals surface area contributed by atoms with Crippen LogP contribution in [0.2, 0.25) is 0 Å². The number of amides is 3. The second-order valence-electron chi connectivity index (χ2n) is 6.40. The second-order valence-corrected chi connectivity index (χ2v) is 6.40. The number of hydrogen-bond donors (Lipinski definition) is 3. The van der Waals surface area contributed by atoms with Crippen LogP contribution in [0.3, 0.4) is 0 Å². The molecule has 0 aromatic carbocycles. The van der Waals surface area contributed by atoms with E-state index >= 15 is 0 Å². The Balaban J connectivity index is 1.76. The molecule has 2 rings (SSSR count). The Hall–Kier alpha value is -1.14. The summed E-state index contributed by atoms with van der Waals surface area (Å²) in [6.45, 7) is 3.87. The Labute approximate surface area is 126 Å². The predicted molar refractivity (Wildman–Crippen MR) is 81.7 cm³/mol. The van der Waals surface area contributed by atoms with Gasteiger partial charge in [-0.2, -0.15) is 0 Å². The van der Waals surface area contributed by atoms with Crippen molar-refractivity contribution < 1.29 is 9.59 Å². The lowest BCUT2D eigenvalue weighted by Gasteiger charge is -2.38. The van der Waals surface area contributed by atoms with Crippen molar-refractivity contribution in [2.45, 2.75) is 57.5 Å². The molecule has 0 aromatic heterocycles. The summed E-state index contributed by atoms with van der Waals surface area (Å²) in [6.07, 6.45) is 6.58. The van der Waals surface area contributed by atoms with Crippen LogP contribution in [0.4, 0.5) is 4.79 Å². The maximum atomic E-state index is 12.0. The summed E-state index contributed by atoms with van der Waals surface area (Å²) in [7, 11) is 0. The first-order valence-corrected chi connectivity index (χ1v) is 8.14. The molecular weight excluding hydrogens is 268 g/mol. The summed E-state index contributed by atoms with van der Waals surface area (Å²) in [6, 6.07) is 0.105. The van der Waals surface area contributed by atoms with Crippen molar-refractivity contribution in [2.75, 3.05) is 19.6 Å². The van der Waals surface area contributed by atoms with Crippen LogP contribution in [0.15, 0.2) is 0 Å². The van der Waals surface area contributed by atoms with E-state index in [1.54, 1.807) is 0 Å². The predicted octanol–water partition coefficient (Wildman–Crippen LogP) is 0.814. The Bertz CT molecular complexity index is 369. The highest BCUT2D eigenvalue weighted by atomic mass is 16.2. The standard InChI is InChI=1S/C15H28N4O2/c1-11-5-4-8-19(13(11)9-16)10-14(20)18-15(21)17-12-6-2-3-7-12/h11-13H,2-10,16H2,1H3,(H2,17,18,20,21). The van der Waals surface area contributed by atoms with Crippen LogP contribution in [0.5, 0.6) is 0 Å². The lowest BCUT2D eigenvalue weighted by Crippen LogP contribution is -2.53. The van der Waals surface area contributed by atoms with Crippen LogP contribution in [-0.2, 0) is 4.79 Å². The molecule has 1 aliphatic heterocycles. The van der Waals surface area contributed by atoms with E-state index in [0.29, 0.717) is 12.5 Å². The molecule has 0 aromatic rings. The van der Waals surface area contributed by atoms with Crippen molar-refractivity contribution in [1.29, 1.82) is 0 Å². The number of nitrogens with zero attached hydrogens (tertiary/aromatic N) is 1. The zero-order chi connectivity index (χ0) is 15.2. The van der Waals surface area contributed by atoms with E-state index in [4.69, 9.17) is 5.73 Å². The maximum absolute atomic E-state index is 12.0. The van der Waals surface area contributed by atoms with E-state index in [9.17, 15) is 9.59 Å². The smallest absolute Gasteiger partial charge is 0.321 e. The van der Waals surface area contributed by atoms with Gasteiger partial charge in [-0.15, -0.1) is 0 Å². The van der Waals surface area contributed by atoms with E-state index < -0.39 is 0 Å². The number of carbonyl (C=O) groups excluding carboxylic acids is 2. The monoisotopic (exact) mass is 296 g/mol. The van der Waals surface area contributed by atoms with Gasteiger partial charge in [0.25, 0.3) is 0 Å². The highest BCUT2D eigenvalue weighted by molar-refractivity contribution is 5.95. The minimum absolute atomic E-state index is 0.226. The van der Waals surface area contributed by atoms with E-state index in [1.165, 1.54) is 0 Å². The second kappa shape index (κ2) is 7.75. The number of nitrogens with two attached hydrogens (primary N) is 1. The molecular formula is C15H28N4O2. The zero-order valence-electron chi connectivity index (χ0n) is 12.9. The van der Waals surface area contributed by atoms with E-state index in [2.05, 4.69) is 22.5 Å². The molecule has 0 bridgehead atoms. The lowest BCUT2D eigenvalue weighted by molar-refractivity contribution is -0.122. The summed E-state index contributed by atoms with van der Waals surface area (Å²) in [5.41, 5.74) is 5.82. The number of hydrogen-bond acceptors (Lipinski definition) is 4. The third kappa shape index (κ3) is 4.68. The molecule has 1 saturated heterocycles. The summed E-state index contributed by atoms with van der Waals surface area (Å²) < 4.78 is 0. The first kappa shape index (κ1) is 16.2. The highest BCUT2D eigenvalue weighted by Crippen LogP contribution is 2.22. The van der Waals surface area contributed by atoms with Crippen LogP contribution in [0.1, 0.15) is 45.4 Å². The largest absolute Gasteiger partial charge is 0.335 e. The fourth-order valence-corrected chi connectivity index (χ4v) is 3.55. The molecule has 2 aliphatic rings. The van der Waals surface area contributed by atoms with Gasteiger partial charge >= 0.3 is 6.03 Å². The van der Waals surface area contributed by atoms with Crippen LogP contribution in [-0.4, -0.2) is 48.6 Å². The molecule has 3 amide bonds. The minimum Gasteiger partial charge on any atom is -0.335 e. The van der Waals surface area contributed by atoms with Crippen molar-refractivity contribution in [1.82, 2.24) is 15.5 Å². The molecule has 1 heterocycles. The molecule has 2 atom stereocenters. The number of carbonyl (C=O) groups is 2. The molecule has 120 valence electrons. The average Bonchev–Trinajstić information content (AvgIpc) is 2.91. The SMILES string of the molecule is CC1CCCN(CC(=O)NC(=O)NC2CCCC2)C1CN. The lowest BCUT2D eigenvalue weighted by atomic mass is 9.91. The molecule has 6 heteroatoms. The topological polar surface area (TPSA) is 87.5 Å². The summed E-state index contributed by atoms with van der Waals surface area (Å²) in [5, 5.41) is 5.31. The van der Waals surface area contributed by atoms with Gasteiger partial charge in [0.1, 0.15) is 0 Å². The average molecular weight is 296 g/mol. The quantitative estimate of drug-likeness (QED) is 0.716. The third-order valence-electron chi connectivity index (χ3n) is 4.76. The van der Waals surface area contributed by atoms with E-state index in [0.717, 1.165) is 45.1 Å². The molecule has 1 saturated carbocycles. The van der Waals surface area contributed by atoms with Crippen LogP contribution in [0.25, 0.3) is 0 Å². The fraction of sp³-hybridized carbons (Fsp3) is 0.867. The van der Waals surface area contributed by atoms with Crippen molar-refractivity contribution in [3.8, 4) is 0 Å². The van der Waals surface area contributed by atoms with Crippen LogP contribution in [0, 0.1) is 5.92 Å². The number of urea groups is 1. The van der Waals surface area contributed by atoms with Gasteiger partial charge in [0, 0.05) is 18.6 Å². The number of nitrogens with one attached hydrogen (secondary N) is 2. The van der Waals surface area contributed by atoms with Crippen molar-refractivity contribution >= 4 is 11.9 Å². The van der Waals surface area contributed by atoms with E-state index in [-0.39, 0.29) is 30.6 Å². The normalized spacial score (nSPS) is 27.5. The summed E-state index contributed by atoms with van der Waals surface area (Å²) >= 11 is 0. The Morgan fingerprint density at radius 1 is 1.19 bits per heavy atom. The maximum Gasteiger partial charge on any atom is 0.321 e. The van der Waals surface area contributed by atoms with Gasteiger partial charge in [0.15, 0.2) is 0 Å². The van der Waals surface area contributed by atoms with Crippen LogP contribution >= 0.6 is 0 Å². The van der Waals surface area contributed by atoms with Gasteiger partial charge in [-0.05, 0) is 38.1 Å². The summed E-state index contributed by atoms with van der Waals surface area (Å²) in [4.78, 5) is 25.9. The van der Waals surface area contributed by atoms with Crippen molar-refractivity contribution in [3.05, 3.63) is 0 Å². The minimum atomic E-state index is -0.360. The number of imide groups is 1. The molecule has 21 heavy (non-hydrogen) atoms.